The van der Waals surface area contributed by atoms with Gasteiger partial charge in [0.15, 0.2) is 0 Å². The maximum absolute atomic E-state index is 3.79. The third-order valence-electron chi connectivity index (χ3n) is 13.0. The molecule has 0 heterocycles. The van der Waals surface area contributed by atoms with Crippen LogP contribution in [0.4, 0.5) is 0 Å². The van der Waals surface area contributed by atoms with E-state index in [1.165, 1.54) is 148 Å². The number of nitrogens with one attached hydrogen (secondary N) is 2. The molecule has 0 fully saturated rings. The second-order valence-corrected chi connectivity index (χ2v) is 25.0. The lowest BCUT2D eigenvalue weighted by molar-refractivity contribution is 0.457. The molecule has 450 valence electrons. The van der Waals surface area contributed by atoms with Gasteiger partial charge in [-0.25, -0.2) is 0 Å². The zero-order chi connectivity index (χ0) is 60.8. The molecule has 6 aromatic rings. The van der Waals surface area contributed by atoms with E-state index in [0.29, 0.717) is 0 Å². The molecular weight excluding hydrogens is 1080 g/mol. The summed E-state index contributed by atoms with van der Waals surface area (Å²) >= 11 is 7.83. The average Bonchev–Trinajstić information content (AvgIpc) is 3.54. The van der Waals surface area contributed by atoms with E-state index in [2.05, 4.69) is 244 Å². The summed E-state index contributed by atoms with van der Waals surface area (Å²) in [5.74, 6) is 10.0. The molecule has 0 aliphatic rings. The Morgan fingerprint density at radius 3 is 1.35 bits per heavy atom. The number of benzene rings is 6. The topological polar surface area (TPSA) is 24.1 Å². The van der Waals surface area contributed by atoms with Crippen LogP contribution in [-0.4, -0.2) is 36.1 Å². The fourth-order valence-electron chi connectivity index (χ4n) is 7.98. The van der Waals surface area contributed by atoms with Gasteiger partial charge in [0.05, 0.1) is 0 Å². The number of thioether (sulfide) groups is 4. The number of rotatable bonds is 34. The van der Waals surface area contributed by atoms with Gasteiger partial charge >= 0.3 is 0 Å². The molecule has 1 atom stereocenters. The first-order valence-electron chi connectivity index (χ1n) is 30.6. The molecule has 0 aliphatic carbocycles. The quantitative estimate of drug-likeness (QED) is 0.0391. The van der Waals surface area contributed by atoms with Gasteiger partial charge in [0.1, 0.15) is 0 Å². The lowest BCUT2D eigenvalue weighted by Gasteiger charge is -2.12. The number of unbranched alkanes of at least 4 members (excludes halogenated alkanes) is 5. The summed E-state index contributed by atoms with van der Waals surface area (Å²) in [4.78, 5) is 0. The van der Waals surface area contributed by atoms with Crippen LogP contribution in [0.5, 0.6) is 0 Å². The fraction of sp³-hybridized carbons (Fsp3) is 0.377. The van der Waals surface area contributed by atoms with Gasteiger partial charge in [-0.1, -0.05) is 309 Å². The van der Waals surface area contributed by atoms with Crippen LogP contribution in [0, 0.1) is 5.92 Å². The van der Waals surface area contributed by atoms with E-state index in [9.17, 15) is 0 Å². The first kappa shape index (κ1) is 76.1. The molecule has 0 saturated heterocycles. The van der Waals surface area contributed by atoms with Gasteiger partial charge in [-0.05, 0) is 128 Å². The van der Waals surface area contributed by atoms with E-state index in [1.807, 2.05) is 83.5 Å². The molecule has 6 heteroatoms. The monoisotopic (exact) mass is 1190 g/mol. The van der Waals surface area contributed by atoms with Gasteiger partial charge in [0, 0.05) is 36.1 Å². The average molecular weight is 1190 g/mol. The van der Waals surface area contributed by atoms with Crippen LogP contribution >= 0.6 is 47.0 Å². The Labute approximate surface area is 526 Å². The highest BCUT2D eigenvalue weighted by molar-refractivity contribution is 7.99. The van der Waals surface area contributed by atoms with Crippen LogP contribution in [-0.2, 0) is 36.1 Å². The van der Waals surface area contributed by atoms with Gasteiger partial charge in [-0.2, -0.15) is 47.0 Å². The highest BCUT2D eigenvalue weighted by atomic mass is 32.2. The zero-order valence-corrected chi connectivity index (χ0v) is 55.9. The molecule has 2 nitrogen and oxygen atoms in total. The highest BCUT2D eigenvalue weighted by Crippen LogP contribution is 2.19. The minimum absolute atomic E-state index is 0.781. The molecule has 83 heavy (non-hydrogen) atoms. The summed E-state index contributed by atoms with van der Waals surface area (Å²) in [5.41, 5.74) is 15.5. The minimum atomic E-state index is 0.781. The fourth-order valence-corrected chi connectivity index (χ4v) is 10.8. The Morgan fingerprint density at radius 1 is 0.386 bits per heavy atom. The van der Waals surface area contributed by atoms with E-state index < -0.39 is 0 Å². The predicted molar refractivity (Wildman–Crippen MR) is 392 cm³/mol. The van der Waals surface area contributed by atoms with E-state index in [4.69, 9.17) is 0 Å². The second kappa shape index (κ2) is 53.8. The maximum atomic E-state index is 3.79. The summed E-state index contributed by atoms with van der Waals surface area (Å²) in [7, 11) is 0. The van der Waals surface area contributed by atoms with Crippen LogP contribution < -0.4 is 10.6 Å². The molecule has 0 radical (unpaired) electrons. The van der Waals surface area contributed by atoms with Gasteiger partial charge in [-0.15, -0.1) is 0 Å². The number of hydrogen-bond acceptors (Lipinski definition) is 6. The van der Waals surface area contributed by atoms with Crippen molar-refractivity contribution in [3.05, 3.63) is 252 Å². The van der Waals surface area contributed by atoms with Crippen molar-refractivity contribution < 1.29 is 0 Å². The first-order valence-corrected chi connectivity index (χ1v) is 35.2. The largest absolute Gasteiger partial charge is 0.313 e. The van der Waals surface area contributed by atoms with Crippen LogP contribution in [0.2, 0.25) is 0 Å². The molecule has 0 amide bonds. The number of hydrogen-bond donors (Lipinski definition) is 2. The van der Waals surface area contributed by atoms with E-state index in [0.717, 1.165) is 55.1 Å². The molecule has 0 saturated carbocycles. The van der Waals surface area contributed by atoms with Crippen molar-refractivity contribution in [2.45, 2.75) is 142 Å². The summed E-state index contributed by atoms with van der Waals surface area (Å²) in [6.07, 6.45) is 23.3. The molecule has 6 rings (SSSR count). The minimum Gasteiger partial charge on any atom is -0.313 e. The predicted octanol–water partition coefficient (Wildman–Crippen LogP) is 23.4. The molecule has 0 bridgehead atoms. The molecule has 1 unspecified atom stereocenters. The normalized spacial score (nSPS) is 10.4. The Morgan fingerprint density at radius 2 is 0.843 bits per heavy atom. The smallest absolute Gasteiger partial charge is 0.0205 e. The third-order valence-corrected chi connectivity index (χ3v) is 17.0. The van der Waals surface area contributed by atoms with Crippen LogP contribution in [0.25, 0.3) is 36.5 Å². The van der Waals surface area contributed by atoms with Crippen molar-refractivity contribution >= 4 is 83.5 Å². The first-order chi connectivity index (χ1) is 40.6. The molecule has 6 aromatic carbocycles. The lowest BCUT2D eigenvalue weighted by Crippen LogP contribution is -2.20. The molecule has 0 spiro atoms. The van der Waals surface area contributed by atoms with Crippen molar-refractivity contribution in [2.75, 3.05) is 36.1 Å². The summed E-state index contributed by atoms with van der Waals surface area (Å²) in [6, 6.07) is 51.2. The molecule has 0 aliphatic heterocycles. The highest BCUT2D eigenvalue weighted by Gasteiger charge is 2.02. The van der Waals surface area contributed by atoms with Crippen molar-refractivity contribution in [1.82, 2.24) is 10.6 Å². The Bertz CT molecular complexity index is 2550. The van der Waals surface area contributed by atoms with Gasteiger partial charge < -0.3 is 10.6 Å². The SMILES string of the molecule is C=Cc1ccc(CNCC(C)CCCCC)cc1.C=Cc1ccc(CSCC)cc1.C=Cc1ccc(CSCCC)cc1.C=Cc1cccc(CNCCCCCC)c1.C=Cc1cccc(CSCC)c1.C=Cc1ccccc1CSCC. The van der Waals surface area contributed by atoms with Crippen molar-refractivity contribution in [3.8, 4) is 0 Å². The van der Waals surface area contributed by atoms with Gasteiger partial charge in [-0.3, -0.25) is 0 Å². The van der Waals surface area contributed by atoms with E-state index >= 15 is 0 Å². The van der Waals surface area contributed by atoms with Crippen molar-refractivity contribution in [3.63, 3.8) is 0 Å². The lowest BCUT2D eigenvalue weighted by atomic mass is 10.0. The van der Waals surface area contributed by atoms with E-state index in [-0.39, 0.29) is 0 Å². The Hall–Kier alpha value is -4.92. The molecule has 0 aromatic heterocycles. The van der Waals surface area contributed by atoms with Gasteiger partial charge in [0.2, 0.25) is 0 Å². The van der Waals surface area contributed by atoms with Crippen molar-refractivity contribution in [2.24, 2.45) is 5.92 Å². The Balaban J connectivity index is 0.000000502. The zero-order valence-electron chi connectivity index (χ0n) is 52.6. The molecular formula is C77H108N2S4. The van der Waals surface area contributed by atoms with E-state index in [1.54, 1.807) is 0 Å². The standard InChI is InChI=1S/C17H27N.C15H23N.C12H16S.3C11H14S/c1-4-6-7-8-15(3)13-18-14-17-11-9-16(5-2)10-12-17;1-3-5-6-7-11-16-13-15-10-8-9-14(4-2)12-15;1-3-9-13-10-12-7-5-11(4-2)6-8-12;1-3-10-5-7-11(8-6-10)9-12-4-2;1-3-10-6-5-7-11(8-10)9-12-4-2;1-3-10-7-5-6-8-11(10)9-12-4-2/h5,9-12,15,18H,2,4,6-8,13-14H2,1,3H3;4,8-10,12,16H,2-3,5-7,11,13H2,1H3;4-8H,2-3,9-10H2,1H3;3*3,5-8H,1,4,9H2,2H3. The van der Waals surface area contributed by atoms with Crippen LogP contribution in [0.3, 0.4) is 0 Å². The van der Waals surface area contributed by atoms with Crippen LogP contribution in [0.15, 0.2) is 185 Å². The maximum Gasteiger partial charge on any atom is 0.0205 e. The second-order valence-electron chi connectivity index (χ2n) is 20.1. The molecule has 2 N–H and O–H groups in total. The summed E-state index contributed by atoms with van der Waals surface area (Å²) in [5, 5.41) is 7.02. The Kier molecular flexibility index (Phi) is 49.3. The third kappa shape index (κ3) is 40.1. The van der Waals surface area contributed by atoms with Gasteiger partial charge in [0.25, 0.3) is 0 Å². The van der Waals surface area contributed by atoms with Crippen molar-refractivity contribution in [1.29, 1.82) is 0 Å². The summed E-state index contributed by atoms with van der Waals surface area (Å²) in [6.45, 7) is 42.3. The van der Waals surface area contributed by atoms with Crippen LogP contribution in [0.1, 0.15) is 173 Å². The summed E-state index contributed by atoms with van der Waals surface area (Å²) < 4.78 is 0.